The maximum atomic E-state index is 3.67. The third-order valence-electron chi connectivity index (χ3n) is 3.72. The highest BCUT2D eigenvalue weighted by molar-refractivity contribution is 7.10. The van der Waals surface area contributed by atoms with Gasteiger partial charge in [-0.05, 0) is 42.3 Å². The van der Waals surface area contributed by atoms with Gasteiger partial charge in [0, 0.05) is 10.9 Å². The molecule has 0 saturated heterocycles. The van der Waals surface area contributed by atoms with E-state index in [-0.39, 0.29) is 0 Å². The molecule has 1 aromatic rings. The Labute approximate surface area is 103 Å². The highest BCUT2D eigenvalue weighted by Crippen LogP contribution is 2.37. The van der Waals surface area contributed by atoms with E-state index >= 15 is 0 Å². The van der Waals surface area contributed by atoms with E-state index in [1.807, 2.05) is 11.3 Å². The van der Waals surface area contributed by atoms with Crippen LogP contribution in [0.5, 0.6) is 0 Å². The molecule has 0 bridgehead atoms. The van der Waals surface area contributed by atoms with E-state index in [0.29, 0.717) is 6.04 Å². The van der Waals surface area contributed by atoms with E-state index in [1.165, 1.54) is 32.1 Å². The second-order valence-corrected chi connectivity index (χ2v) is 5.75. The van der Waals surface area contributed by atoms with Gasteiger partial charge in [-0.1, -0.05) is 33.1 Å². The van der Waals surface area contributed by atoms with Crippen LogP contribution >= 0.6 is 11.3 Å². The van der Waals surface area contributed by atoms with Crippen LogP contribution in [0.3, 0.4) is 0 Å². The van der Waals surface area contributed by atoms with Gasteiger partial charge in [0.25, 0.3) is 0 Å². The van der Waals surface area contributed by atoms with Crippen molar-refractivity contribution in [2.45, 2.75) is 52.0 Å². The topological polar surface area (TPSA) is 12.0 Å². The quantitative estimate of drug-likeness (QED) is 0.783. The lowest BCUT2D eigenvalue weighted by molar-refractivity contribution is 0.263. The Hall–Kier alpha value is -0.340. The van der Waals surface area contributed by atoms with E-state index < -0.39 is 0 Å². The van der Waals surface area contributed by atoms with Crippen LogP contribution in [0, 0.1) is 5.92 Å². The second kappa shape index (κ2) is 5.83. The Morgan fingerprint density at radius 1 is 1.44 bits per heavy atom. The summed E-state index contributed by atoms with van der Waals surface area (Å²) >= 11 is 1.94. The van der Waals surface area contributed by atoms with Crippen LogP contribution in [0.2, 0.25) is 0 Å². The van der Waals surface area contributed by atoms with Crippen LogP contribution in [0.25, 0.3) is 0 Å². The fourth-order valence-electron chi connectivity index (χ4n) is 2.54. The summed E-state index contributed by atoms with van der Waals surface area (Å²) in [5.41, 5.74) is 1.55. The van der Waals surface area contributed by atoms with Crippen LogP contribution in [-0.2, 0) is 6.42 Å². The average Bonchev–Trinajstić information content (AvgIpc) is 2.69. The molecule has 1 aliphatic rings. The van der Waals surface area contributed by atoms with Gasteiger partial charge in [0.1, 0.15) is 0 Å². The third kappa shape index (κ3) is 2.67. The van der Waals surface area contributed by atoms with Crippen LogP contribution in [0.1, 0.15) is 56.0 Å². The highest BCUT2D eigenvalue weighted by atomic mass is 32.1. The lowest BCUT2D eigenvalue weighted by Gasteiger charge is -2.30. The third-order valence-corrected chi connectivity index (χ3v) is 4.80. The van der Waals surface area contributed by atoms with Crippen molar-refractivity contribution >= 4 is 11.3 Å². The molecule has 1 aliphatic carbocycles. The summed E-state index contributed by atoms with van der Waals surface area (Å²) in [4.78, 5) is 1.59. The Bertz CT molecular complexity index is 314. The van der Waals surface area contributed by atoms with Crippen molar-refractivity contribution in [2.75, 3.05) is 6.54 Å². The molecule has 0 spiro atoms. The zero-order valence-corrected chi connectivity index (χ0v) is 11.3. The lowest BCUT2D eigenvalue weighted by atomic mass is 9.80. The van der Waals surface area contributed by atoms with E-state index in [4.69, 9.17) is 0 Å². The van der Waals surface area contributed by atoms with Crippen molar-refractivity contribution in [3.8, 4) is 0 Å². The van der Waals surface area contributed by atoms with Crippen molar-refractivity contribution in [3.05, 3.63) is 21.9 Å². The van der Waals surface area contributed by atoms with Crippen LogP contribution in [0.4, 0.5) is 0 Å². The first kappa shape index (κ1) is 12.1. The minimum absolute atomic E-state index is 0.616. The maximum Gasteiger partial charge on any atom is 0.0420 e. The van der Waals surface area contributed by atoms with Crippen molar-refractivity contribution in [2.24, 2.45) is 5.92 Å². The van der Waals surface area contributed by atoms with Crippen molar-refractivity contribution in [1.29, 1.82) is 0 Å². The van der Waals surface area contributed by atoms with E-state index in [2.05, 4.69) is 30.6 Å². The van der Waals surface area contributed by atoms with Crippen LogP contribution in [0.15, 0.2) is 11.4 Å². The summed E-state index contributed by atoms with van der Waals surface area (Å²) in [6, 6.07) is 2.91. The number of aryl methyl sites for hydroxylation is 1. The lowest BCUT2D eigenvalue weighted by Crippen LogP contribution is -2.25. The van der Waals surface area contributed by atoms with Gasteiger partial charge < -0.3 is 5.32 Å². The highest BCUT2D eigenvalue weighted by Gasteiger charge is 2.24. The molecule has 2 rings (SSSR count). The largest absolute Gasteiger partial charge is 0.310 e. The normalized spacial score (nSPS) is 18.4. The Morgan fingerprint density at radius 2 is 2.25 bits per heavy atom. The van der Waals surface area contributed by atoms with Gasteiger partial charge in [0.2, 0.25) is 0 Å². The minimum Gasteiger partial charge on any atom is -0.310 e. The van der Waals surface area contributed by atoms with Crippen molar-refractivity contribution < 1.29 is 0 Å². The zero-order chi connectivity index (χ0) is 11.4. The molecule has 16 heavy (non-hydrogen) atoms. The number of thiophene rings is 1. The van der Waals surface area contributed by atoms with E-state index in [1.54, 1.807) is 10.4 Å². The molecule has 0 radical (unpaired) electrons. The summed E-state index contributed by atoms with van der Waals surface area (Å²) in [7, 11) is 0. The number of nitrogens with one attached hydrogen (secondary N) is 1. The van der Waals surface area contributed by atoms with Gasteiger partial charge in [0.15, 0.2) is 0 Å². The van der Waals surface area contributed by atoms with E-state index in [9.17, 15) is 0 Å². The molecule has 2 heteroatoms. The molecule has 0 amide bonds. The first-order valence-electron chi connectivity index (χ1n) is 6.64. The maximum absolute atomic E-state index is 3.67. The SMILES string of the molecule is CCNC(CC1CCC1)c1sccc1CC. The van der Waals surface area contributed by atoms with E-state index in [0.717, 1.165) is 12.5 Å². The molecule has 1 saturated carbocycles. The summed E-state index contributed by atoms with van der Waals surface area (Å²) in [6.45, 7) is 5.56. The summed E-state index contributed by atoms with van der Waals surface area (Å²) in [5, 5.41) is 5.92. The van der Waals surface area contributed by atoms with Gasteiger partial charge in [-0.3, -0.25) is 0 Å². The van der Waals surface area contributed by atoms with Gasteiger partial charge in [-0.25, -0.2) is 0 Å². The predicted octanol–water partition coefficient (Wildman–Crippen LogP) is 4.15. The Morgan fingerprint density at radius 3 is 2.81 bits per heavy atom. The minimum atomic E-state index is 0.616. The molecular weight excluding hydrogens is 214 g/mol. The molecule has 0 aliphatic heterocycles. The second-order valence-electron chi connectivity index (χ2n) is 4.81. The van der Waals surface area contributed by atoms with Gasteiger partial charge >= 0.3 is 0 Å². The van der Waals surface area contributed by atoms with Gasteiger partial charge in [-0.15, -0.1) is 11.3 Å². The average molecular weight is 237 g/mol. The molecular formula is C14H23NS. The smallest absolute Gasteiger partial charge is 0.0420 e. The molecule has 90 valence electrons. The first-order valence-corrected chi connectivity index (χ1v) is 7.52. The molecule has 1 aromatic heterocycles. The summed E-state index contributed by atoms with van der Waals surface area (Å²) in [5.74, 6) is 0.982. The Kier molecular flexibility index (Phi) is 4.42. The van der Waals surface area contributed by atoms with Gasteiger partial charge in [-0.2, -0.15) is 0 Å². The zero-order valence-electron chi connectivity index (χ0n) is 10.5. The monoisotopic (exact) mass is 237 g/mol. The molecule has 1 atom stereocenters. The number of rotatable bonds is 6. The fraction of sp³-hybridized carbons (Fsp3) is 0.714. The summed E-state index contributed by atoms with van der Waals surface area (Å²) in [6.07, 6.45) is 6.88. The van der Waals surface area contributed by atoms with Gasteiger partial charge in [0.05, 0.1) is 0 Å². The molecule has 1 nitrogen and oxygen atoms in total. The predicted molar refractivity (Wildman–Crippen MR) is 72.1 cm³/mol. The van der Waals surface area contributed by atoms with Crippen molar-refractivity contribution in [1.82, 2.24) is 5.32 Å². The molecule has 1 heterocycles. The Balaban J connectivity index is 2.04. The summed E-state index contributed by atoms with van der Waals surface area (Å²) < 4.78 is 0. The number of hydrogen-bond acceptors (Lipinski definition) is 2. The molecule has 0 aromatic carbocycles. The van der Waals surface area contributed by atoms with Crippen molar-refractivity contribution in [3.63, 3.8) is 0 Å². The van der Waals surface area contributed by atoms with Crippen LogP contribution in [-0.4, -0.2) is 6.54 Å². The van der Waals surface area contributed by atoms with Crippen LogP contribution < -0.4 is 5.32 Å². The molecule has 1 N–H and O–H groups in total. The molecule has 1 fully saturated rings. The fourth-order valence-corrected chi connectivity index (χ4v) is 3.62. The first-order chi connectivity index (χ1) is 7.85. The number of hydrogen-bond donors (Lipinski definition) is 1. The standard InChI is InChI=1S/C14H23NS/c1-3-12-8-9-16-14(12)13(15-4-2)10-11-6-5-7-11/h8-9,11,13,15H,3-7,10H2,1-2H3. The molecule has 1 unspecified atom stereocenters.